The number of rotatable bonds is 4. The van der Waals surface area contributed by atoms with Gasteiger partial charge in [-0.25, -0.2) is 4.79 Å². The van der Waals surface area contributed by atoms with Crippen LogP contribution in [0.5, 0.6) is 0 Å². The molecule has 3 aromatic rings. The van der Waals surface area contributed by atoms with E-state index in [9.17, 15) is 9.59 Å². The molecule has 5 nitrogen and oxygen atoms in total. The van der Waals surface area contributed by atoms with Crippen molar-refractivity contribution in [3.05, 3.63) is 98.6 Å². The summed E-state index contributed by atoms with van der Waals surface area (Å²) in [4.78, 5) is 27.7. The summed E-state index contributed by atoms with van der Waals surface area (Å²) in [5.74, 6) is -1.01. The summed E-state index contributed by atoms with van der Waals surface area (Å²) in [6, 6.07) is 15.5. The van der Waals surface area contributed by atoms with Crippen LogP contribution in [0.25, 0.3) is 11.8 Å². The van der Waals surface area contributed by atoms with E-state index in [0.717, 1.165) is 28.3 Å². The van der Waals surface area contributed by atoms with E-state index in [-0.39, 0.29) is 11.4 Å². The van der Waals surface area contributed by atoms with Gasteiger partial charge in [0.05, 0.1) is 18.5 Å². The Labute approximate surface area is 204 Å². The third-order valence-corrected chi connectivity index (χ3v) is 6.55. The minimum Gasteiger partial charge on any atom is -0.465 e. The van der Waals surface area contributed by atoms with Crippen LogP contribution in [-0.4, -0.2) is 23.4 Å². The van der Waals surface area contributed by atoms with E-state index in [1.807, 2.05) is 25.1 Å². The molecular formula is C28H27ClN2O3. The topological polar surface area (TPSA) is 51.5 Å². The Hall–Kier alpha value is -3.57. The van der Waals surface area contributed by atoms with Gasteiger partial charge in [-0.05, 0) is 87.7 Å². The first-order chi connectivity index (χ1) is 16.1. The quantitative estimate of drug-likeness (QED) is 0.255. The van der Waals surface area contributed by atoms with Gasteiger partial charge in [-0.3, -0.25) is 4.79 Å². The Morgan fingerprint density at radius 3 is 2.18 bits per heavy atom. The molecule has 1 aliphatic heterocycles. The predicted octanol–water partition coefficient (Wildman–Crippen LogP) is 6.24. The van der Waals surface area contributed by atoms with E-state index in [2.05, 4.69) is 49.6 Å². The molecule has 1 aliphatic rings. The zero-order valence-electron chi connectivity index (χ0n) is 20.2. The first kappa shape index (κ1) is 23.6. The molecule has 0 fully saturated rings. The minimum absolute atomic E-state index is 0.0345. The van der Waals surface area contributed by atoms with E-state index in [4.69, 9.17) is 16.3 Å². The molecule has 0 radical (unpaired) electrons. The van der Waals surface area contributed by atoms with Crippen molar-refractivity contribution >= 4 is 35.1 Å². The number of ether oxygens (including phenoxy) is 1. The number of esters is 1. The number of aryl methyl sites for hydroxylation is 3. The highest BCUT2D eigenvalue weighted by Gasteiger charge is 2.38. The van der Waals surface area contributed by atoms with E-state index < -0.39 is 5.97 Å². The maximum Gasteiger partial charge on any atom is 0.343 e. The second-order valence-corrected chi connectivity index (χ2v) is 8.96. The van der Waals surface area contributed by atoms with Crippen molar-refractivity contribution in [2.45, 2.75) is 34.6 Å². The molecule has 34 heavy (non-hydrogen) atoms. The van der Waals surface area contributed by atoms with Gasteiger partial charge >= 0.3 is 5.97 Å². The first-order valence-electron chi connectivity index (χ1n) is 11.0. The molecule has 1 aromatic heterocycles. The van der Waals surface area contributed by atoms with E-state index >= 15 is 0 Å². The number of para-hydroxylation sites is 1. The zero-order valence-corrected chi connectivity index (χ0v) is 20.9. The largest absolute Gasteiger partial charge is 0.465 e. The molecule has 0 atom stereocenters. The summed E-state index contributed by atoms with van der Waals surface area (Å²) in [6.45, 7) is 10.0. The number of halogens is 1. The Bertz CT molecular complexity index is 1360. The average molecular weight is 475 g/mol. The normalized spacial score (nSPS) is 15.0. The van der Waals surface area contributed by atoms with E-state index in [1.54, 1.807) is 24.0 Å². The molecule has 0 bridgehead atoms. The van der Waals surface area contributed by atoms with Crippen LogP contribution in [0.3, 0.4) is 0 Å². The van der Waals surface area contributed by atoms with Crippen LogP contribution in [0.4, 0.5) is 5.69 Å². The molecular weight excluding hydrogens is 448 g/mol. The van der Waals surface area contributed by atoms with Gasteiger partial charge in [0.1, 0.15) is 5.57 Å². The number of hydrogen-bond donors (Lipinski definition) is 0. The van der Waals surface area contributed by atoms with Gasteiger partial charge in [-0.2, -0.15) is 0 Å². The number of aromatic nitrogens is 1. The summed E-state index contributed by atoms with van der Waals surface area (Å²) in [7, 11) is 1.28. The molecule has 0 aliphatic carbocycles. The zero-order chi connectivity index (χ0) is 24.7. The molecule has 2 aromatic carbocycles. The van der Waals surface area contributed by atoms with Gasteiger partial charge in [0, 0.05) is 27.8 Å². The number of Topliss-reactive ketones (excluding diaryl/α,β-unsaturated/α-hetero) is 1. The SMILES string of the molecule is COC(=O)C1=C(C)N(c2ccc(Cl)cc2)/C(=C\c2cc(C)n(-c3c(C)cccc3C)c2C)C1=O. The van der Waals surface area contributed by atoms with Crippen molar-refractivity contribution in [1.29, 1.82) is 0 Å². The van der Waals surface area contributed by atoms with Crippen LogP contribution in [0.1, 0.15) is 35.0 Å². The molecule has 0 amide bonds. The average Bonchev–Trinajstić information content (AvgIpc) is 3.21. The summed E-state index contributed by atoms with van der Waals surface area (Å²) in [5, 5.41) is 0.590. The smallest absolute Gasteiger partial charge is 0.343 e. The van der Waals surface area contributed by atoms with Crippen molar-refractivity contribution in [3.8, 4) is 5.69 Å². The fourth-order valence-electron chi connectivity index (χ4n) is 4.67. The number of hydrogen-bond acceptors (Lipinski definition) is 4. The third-order valence-electron chi connectivity index (χ3n) is 6.30. The second kappa shape index (κ2) is 8.99. The van der Waals surface area contributed by atoms with Gasteiger partial charge in [-0.1, -0.05) is 29.8 Å². The molecule has 174 valence electrons. The van der Waals surface area contributed by atoms with Crippen LogP contribution in [0.15, 0.2) is 65.5 Å². The predicted molar refractivity (Wildman–Crippen MR) is 136 cm³/mol. The van der Waals surface area contributed by atoms with Crippen LogP contribution in [-0.2, 0) is 14.3 Å². The standard InChI is InChI=1S/C28H27ClN2O3/c1-16-8-7-9-17(2)26(16)30-18(3)14-21(19(30)4)15-24-27(32)25(28(33)34-6)20(5)31(24)23-12-10-22(29)11-13-23/h7-15H,1-6H3/b24-15-. The number of carbonyl (C=O) groups is 2. The van der Waals surface area contributed by atoms with Crippen LogP contribution >= 0.6 is 11.6 Å². The highest BCUT2D eigenvalue weighted by molar-refractivity contribution is 6.31. The number of carbonyl (C=O) groups excluding carboxylic acids is 2. The number of anilines is 1. The van der Waals surface area contributed by atoms with Crippen LogP contribution in [0, 0.1) is 27.7 Å². The number of allylic oxidation sites excluding steroid dienone is 2. The highest BCUT2D eigenvalue weighted by Crippen LogP contribution is 2.37. The Balaban J connectivity index is 1.90. The first-order valence-corrected chi connectivity index (χ1v) is 11.4. The van der Waals surface area contributed by atoms with Crippen molar-refractivity contribution in [2.75, 3.05) is 12.0 Å². The van der Waals surface area contributed by atoms with Gasteiger partial charge in [0.2, 0.25) is 5.78 Å². The lowest BCUT2D eigenvalue weighted by Gasteiger charge is -2.21. The molecule has 0 saturated heterocycles. The summed E-state index contributed by atoms with van der Waals surface area (Å²) < 4.78 is 7.12. The summed E-state index contributed by atoms with van der Waals surface area (Å²) in [5.41, 5.74) is 8.14. The molecule has 4 rings (SSSR count). The summed E-state index contributed by atoms with van der Waals surface area (Å²) >= 11 is 6.09. The Kier molecular flexibility index (Phi) is 6.24. The van der Waals surface area contributed by atoms with Crippen molar-refractivity contribution in [1.82, 2.24) is 4.57 Å². The maximum atomic E-state index is 13.5. The van der Waals surface area contributed by atoms with Gasteiger partial charge in [0.15, 0.2) is 0 Å². The Morgan fingerprint density at radius 2 is 1.59 bits per heavy atom. The van der Waals surface area contributed by atoms with Crippen molar-refractivity contribution in [3.63, 3.8) is 0 Å². The number of benzene rings is 2. The molecule has 0 N–H and O–H groups in total. The number of methoxy groups -OCH3 is 1. The Morgan fingerprint density at radius 1 is 0.971 bits per heavy atom. The number of ketones is 1. The lowest BCUT2D eigenvalue weighted by Crippen LogP contribution is -2.18. The van der Waals surface area contributed by atoms with Gasteiger partial charge in [0.25, 0.3) is 0 Å². The highest BCUT2D eigenvalue weighted by atomic mass is 35.5. The molecule has 6 heteroatoms. The van der Waals surface area contributed by atoms with Crippen LogP contribution in [0.2, 0.25) is 5.02 Å². The molecule has 0 saturated carbocycles. The molecule has 0 unspecified atom stereocenters. The molecule has 0 spiro atoms. The van der Waals surface area contributed by atoms with Gasteiger partial charge in [-0.15, -0.1) is 0 Å². The minimum atomic E-state index is -0.647. The molecule has 2 heterocycles. The van der Waals surface area contributed by atoms with Crippen LogP contribution < -0.4 is 4.90 Å². The maximum absolute atomic E-state index is 13.5. The lowest BCUT2D eigenvalue weighted by atomic mass is 10.1. The fourth-order valence-corrected chi connectivity index (χ4v) is 4.79. The van der Waals surface area contributed by atoms with E-state index in [1.165, 1.54) is 18.2 Å². The van der Waals surface area contributed by atoms with Crippen molar-refractivity contribution in [2.24, 2.45) is 0 Å². The van der Waals surface area contributed by atoms with E-state index in [0.29, 0.717) is 16.4 Å². The number of nitrogens with zero attached hydrogens (tertiary/aromatic N) is 2. The summed E-state index contributed by atoms with van der Waals surface area (Å²) in [6.07, 6.45) is 1.85. The van der Waals surface area contributed by atoms with Gasteiger partial charge < -0.3 is 14.2 Å². The monoisotopic (exact) mass is 474 g/mol. The van der Waals surface area contributed by atoms with Crippen molar-refractivity contribution < 1.29 is 14.3 Å². The lowest BCUT2D eigenvalue weighted by molar-refractivity contribution is -0.137. The fraction of sp³-hybridized carbons (Fsp3) is 0.214. The second-order valence-electron chi connectivity index (χ2n) is 8.52. The third kappa shape index (κ3) is 3.86.